The Morgan fingerprint density at radius 1 is 1.07 bits per heavy atom. The summed E-state index contributed by atoms with van der Waals surface area (Å²) in [4.78, 5) is 15.8. The predicted molar refractivity (Wildman–Crippen MR) is 109 cm³/mol. The highest BCUT2D eigenvalue weighted by Gasteiger charge is 2.31. The van der Waals surface area contributed by atoms with Crippen LogP contribution in [0.1, 0.15) is 30.2 Å². The summed E-state index contributed by atoms with van der Waals surface area (Å²) in [5, 5.41) is 4.08. The number of allylic oxidation sites excluding steroid dienone is 5. The Balaban J connectivity index is 1.36. The summed E-state index contributed by atoms with van der Waals surface area (Å²) in [5.74, 6) is 1.77. The molecule has 1 saturated carbocycles. The van der Waals surface area contributed by atoms with E-state index in [4.69, 9.17) is 16.6 Å². The van der Waals surface area contributed by atoms with Gasteiger partial charge in [0.15, 0.2) is 5.82 Å². The molecule has 2 aromatic rings. The van der Waals surface area contributed by atoms with Crippen LogP contribution in [0.3, 0.4) is 0 Å². The van der Waals surface area contributed by atoms with Gasteiger partial charge in [-0.15, -0.1) is 11.3 Å². The van der Waals surface area contributed by atoms with Crippen LogP contribution in [0, 0.1) is 5.92 Å². The normalized spacial score (nSPS) is 24.3. The molecule has 4 nitrogen and oxygen atoms in total. The summed E-state index contributed by atoms with van der Waals surface area (Å²) in [5.41, 5.74) is 3.63. The summed E-state index contributed by atoms with van der Waals surface area (Å²) in [7, 11) is 0. The molecule has 0 saturated heterocycles. The van der Waals surface area contributed by atoms with E-state index in [-0.39, 0.29) is 0 Å². The van der Waals surface area contributed by atoms with E-state index in [0.717, 1.165) is 23.7 Å². The lowest BCUT2D eigenvalue weighted by Crippen LogP contribution is -2.28. The predicted octanol–water partition coefficient (Wildman–Crippen LogP) is 5.26. The molecule has 0 spiro atoms. The number of halogens is 1. The zero-order chi connectivity index (χ0) is 18.2. The van der Waals surface area contributed by atoms with Gasteiger partial charge in [0.05, 0.1) is 10.0 Å². The van der Waals surface area contributed by atoms with Gasteiger partial charge < -0.3 is 4.90 Å². The van der Waals surface area contributed by atoms with Crippen LogP contribution in [-0.2, 0) is 0 Å². The summed E-state index contributed by atoms with van der Waals surface area (Å²) in [6, 6.07) is 1.83. The van der Waals surface area contributed by atoms with Gasteiger partial charge in [-0.05, 0) is 49.5 Å². The Kier molecular flexibility index (Phi) is 4.42. The standard InChI is InChI=1S/C21H19ClN4S/c22-17-5-7-18-6-4-14-10-15(2-3-16(14)11-26(18)12-17)21-25-19(13-27-21)20-23-8-1-9-24-20/h1,4-9,12-13,15-16H,2-3,10-11H2/t15-,16+/m0/s1. The van der Waals surface area contributed by atoms with E-state index in [1.54, 1.807) is 23.7 Å². The van der Waals surface area contributed by atoms with Gasteiger partial charge in [0.2, 0.25) is 0 Å². The Morgan fingerprint density at radius 2 is 1.93 bits per heavy atom. The number of nitrogens with zero attached hydrogens (tertiary/aromatic N) is 4. The second-order valence-electron chi connectivity index (χ2n) is 7.15. The van der Waals surface area contributed by atoms with E-state index in [9.17, 15) is 0 Å². The highest BCUT2D eigenvalue weighted by atomic mass is 35.5. The van der Waals surface area contributed by atoms with Crippen molar-refractivity contribution >= 4 is 22.9 Å². The Morgan fingerprint density at radius 3 is 2.81 bits per heavy atom. The van der Waals surface area contributed by atoms with Gasteiger partial charge in [0.1, 0.15) is 5.69 Å². The third-order valence-electron chi connectivity index (χ3n) is 5.45. The molecule has 0 bridgehead atoms. The maximum atomic E-state index is 6.19. The summed E-state index contributed by atoms with van der Waals surface area (Å²) >= 11 is 7.93. The fraction of sp³-hybridized carbons (Fsp3) is 0.286. The monoisotopic (exact) mass is 394 g/mol. The van der Waals surface area contributed by atoms with Crippen LogP contribution in [0.4, 0.5) is 0 Å². The lowest BCUT2D eigenvalue weighted by Gasteiger charge is -2.33. The van der Waals surface area contributed by atoms with Crippen molar-refractivity contribution in [2.75, 3.05) is 6.54 Å². The van der Waals surface area contributed by atoms with Crippen molar-refractivity contribution in [2.45, 2.75) is 25.2 Å². The maximum absolute atomic E-state index is 6.19. The van der Waals surface area contributed by atoms with E-state index in [1.807, 2.05) is 18.3 Å². The van der Waals surface area contributed by atoms with Crippen LogP contribution in [0.25, 0.3) is 11.5 Å². The van der Waals surface area contributed by atoms with Gasteiger partial charge in [-0.25, -0.2) is 15.0 Å². The van der Waals surface area contributed by atoms with E-state index in [0.29, 0.717) is 17.7 Å². The molecule has 27 heavy (non-hydrogen) atoms. The van der Waals surface area contributed by atoms with Gasteiger partial charge in [0, 0.05) is 42.1 Å². The first kappa shape index (κ1) is 16.9. The summed E-state index contributed by atoms with van der Waals surface area (Å²) < 4.78 is 0. The Hall–Kier alpha value is -2.24. The van der Waals surface area contributed by atoms with Crippen molar-refractivity contribution < 1.29 is 0 Å². The minimum Gasteiger partial charge on any atom is -0.346 e. The SMILES string of the molecule is ClC1=CN2C[C@H]3CC[C@H](c4nc(-c5ncccn5)cs4)CC3=CC=C2C=C1. The third-order valence-corrected chi connectivity index (χ3v) is 6.68. The van der Waals surface area contributed by atoms with Crippen molar-refractivity contribution in [1.82, 2.24) is 19.9 Å². The van der Waals surface area contributed by atoms with Crippen LogP contribution in [0.2, 0.25) is 0 Å². The van der Waals surface area contributed by atoms with Gasteiger partial charge in [-0.3, -0.25) is 0 Å². The molecule has 3 aliphatic rings. The molecule has 4 heterocycles. The minimum absolute atomic E-state index is 0.484. The van der Waals surface area contributed by atoms with E-state index in [1.165, 1.54) is 29.1 Å². The van der Waals surface area contributed by atoms with Crippen molar-refractivity contribution in [3.8, 4) is 11.5 Å². The molecule has 1 aliphatic carbocycles. The summed E-state index contributed by atoms with van der Waals surface area (Å²) in [6.07, 6.45) is 17.6. The highest BCUT2D eigenvalue weighted by Crippen LogP contribution is 2.42. The molecule has 0 unspecified atom stereocenters. The second kappa shape index (κ2) is 7.06. The molecule has 0 radical (unpaired) electrons. The molecule has 136 valence electrons. The van der Waals surface area contributed by atoms with E-state index >= 15 is 0 Å². The number of fused-ring (bicyclic) bond motifs is 2. The maximum Gasteiger partial charge on any atom is 0.178 e. The Bertz CT molecular complexity index is 973. The van der Waals surface area contributed by atoms with Crippen LogP contribution < -0.4 is 0 Å². The van der Waals surface area contributed by atoms with Crippen molar-refractivity contribution in [2.24, 2.45) is 5.92 Å². The fourth-order valence-corrected chi connectivity index (χ4v) is 5.16. The molecule has 2 aliphatic heterocycles. The zero-order valence-electron chi connectivity index (χ0n) is 14.8. The molecule has 2 atom stereocenters. The molecule has 6 heteroatoms. The molecule has 0 aromatic carbocycles. The Labute approximate surface area is 167 Å². The number of hydrogen-bond acceptors (Lipinski definition) is 5. The first-order valence-corrected chi connectivity index (χ1v) is 10.5. The first-order chi connectivity index (χ1) is 13.3. The number of aromatic nitrogens is 3. The molecular formula is C21H19ClN4S. The highest BCUT2D eigenvalue weighted by molar-refractivity contribution is 7.10. The van der Waals surface area contributed by atoms with Gasteiger partial charge >= 0.3 is 0 Å². The van der Waals surface area contributed by atoms with Crippen LogP contribution in [0.5, 0.6) is 0 Å². The number of hydrogen-bond donors (Lipinski definition) is 0. The van der Waals surface area contributed by atoms with Gasteiger partial charge in [-0.2, -0.15) is 0 Å². The van der Waals surface area contributed by atoms with Crippen molar-refractivity contribution in [3.63, 3.8) is 0 Å². The van der Waals surface area contributed by atoms with Crippen LogP contribution >= 0.6 is 22.9 Å². The molecule has 5 rings (SSSR count). The van der Waals surface area contributed by atoms with E-state index in [2.05, 4.69) is 38.5 Å². The lowest BCUT2D eigenvalue weighted by atomic mass is 9.78. The molecule has 1 fully saturated rings. The van der Waals surface area contributed by atoms with E-state index < -0.39 is 0 Å². The third kappa shape index (κ3) is 3.37. The molecule has 0 amide bonds. The number of rotatable bonds is 2. The van der Waals surface area contributed by atoms with Crippen LogP contribution in [0.15, 0.2) is 70.6 Å². The van der Waals surface area contributed by atoms with Crippen molar-refractivity contribution in [1.29, 1.82) is 0 Å². The average molecular weight is 395 g/mol. The fourth-order valence-electron chi connectivity index (χ4n) is 4.04. The van der Waals surface area contributed by atoms with Crippen molar-refractivity contribution in [3.05, 3.63) is 75.7 Å². The summed E-state index contributed by atoms with van der Waals surface area (Å²) in [6.45, 7) is 1.01. The largest absolute Gasteiger partial charge is 0.346 e. The quantitative estimate of drug-likeness (QED) is 0.696. The van der Waals surface area contributed by atoms with Crippen LogP contribution in [-0.4, -0.2) is 26.4 Å². The average Bonchev–Trinajstić information content (AvgIpc) is 3.12. The number of thiazole rings is 1. The lowest BCUT2D eigenvalue weighted by molar-refractivity contribution is 0.336. The second-order valence-corrected chi connectivity index (χ2v) is 8.48. The smallest absolute Gasteiger partial charge is 0.178 e. The topological polar surface area (TPSA) is 41.9 Å². The minimum atomic E-state index is 0.484. The van der Waals surface area contributed by atoms with Gasteiger partial charge in [-0.1, -0.05) is 23.3 Å². The first-order valence-electron chi connectivity index (χ1n) is 9.22. The molecular weight excluding hydrogens is 376 g/mol. The molecule has 0 N–H and O–H groups in total. The van der Waals surface area contributed by atoms with Gasteiger partial charge in [0.25, 0.3) is 0 Å². The molecule has 2 aromatic heterocycles. The zero-order valence-corrected chi connectivity index (χ0v) is 16.3.